The minimum atomic E-state index is -1.40. The molecule has 0 aliphatic carbocycles. The summed E-state index contributed by atoms with van der Waals surface area (Å²) in [5.74, 6) is -2.43. The van der Waals surface area contributed by atoms with Gasteiger partial charge in [-0.3, -0.25) is 14.4 Å². The fourth-order valence-electron chi connectivity index (χ4n) is 2.02. The second kappa shape index (κ2) is 6.85. The Morgan fingerprint density at radius 2 is 1.95 bits per heavy atom. The molecule has 0 saturated carbocycles. The van der Waals surface area contributed by atoms with E-state index in [-0.39, 0.29) is 5.76 Å². The van der Waals surface area contributed by atoms with Crippen LogP contribution in [0.1, 0.15) is 19.4 Å². The number of cyclic esters (lactones) is 1. The molecule has 2 rings (SSSR count). The predicted molar refractivity (Wildman–Crippen MR) is 80.0 cm³/mol. The zero-order valence-corrected chi connectivity index (χ0v) is 12.4. The summed E-state index contributed by atoms with van der Waals surface area (Å²) in [6.45, 7) is 3.96. The quantitative estimate of drug-likeness (QED) is 0.474. The van der Waals surface area contributed by atoms with E-state index in [0.29, 0.717) is 6.61 Å². The molecule has 0 spiro atoms. The summed E-state index contributed by atoms with van der Waals surface area (Å²) < 4.78 is 10.1. The Labute approximate surface area is 128 Å². The van der Waals surface area contributed by atoms with Crippen molar-refractivity contribution in [2.75, 3.05) is 6.61 Å². The van der Waals surface area contributed by atoms with E-state index in [4.69, 9.17) is 9.47 Å². The van der Waals surface area contributed by atoms with Crippen LogP contribution in [0, 0.1) is 5.92 Å². The zero-order valence-electron chi connectivity index (χ0n) is 12.4. The normalized spacial score (nSPS) is 18.1. The molecule has 1 atom stereocenters. The maximum absolute atomic E-state index is 12.0. The Hall–Kier alpha value is -2.69. The van der Waals surface area contributed by atoms with Gasteiger partial charge in [0, 0.05) is 6.08 Å². The highest BCUT2D eigenvalue weighted by Crippen LogP contribution is 2.17. The van der Waals surface area contributed by atoms with Gasteiger partial charge in [-0.2, -0.15) is 0 Å². The molecule has 114 valence electrons. The smallest absolute Gasteiger partial charge is 0.329 e. The van der Waals surface area contributed by atoms with Crippen molar-refractivity contribution in [3.8, 4) is 5.75 Å². The lowest BCUT2D eigenvalue weighted by atomic mass is 9.96. The van der Waals surface area contributed by atoms with Gasteiger partial charge in [0.05, 0.1) is 6.61 Å². The molecule has 0 saturated heterocycles. The largest absolute Gasteiger partial charge is 0.494 e. The SMILES string of the molecule is CCOc1ccc(/C=C\C(=O)[C@H]2C(=O)C=C(C)OC2=O)cc1. The molecular formula is C17H16O5. The number of hydrogen-bond acceptors (Lipinski definition) is 5. The van der Waals surface area contributed by atoms with Crippen molar-refractivity contribution >= 4 is 23.6 Å². The van der Waals surface area contributed by atoms with Crippen LogP contribution in [0.2, 0.25) is 0 Å². The van der Waals surface area contributed by atoms with E-state index < -0.39 is 23.5 Å². The molecule has 1 aliphatic heterocycles. The number of carbonyl (C=O) groups excluding carboxylic acids is 3. The number of rotatable bonds is 5. The van der Waals surface area contributed by atoms with Crippen molar-refractivity contribution < 1.29 is 23.9 Å². The van der Waals surface area contributed by atoms with E-state index in [9.17, 15) is 14.4 Å². The van der Waals surface area contributed by atoms with Gasteiger partial charge >= 0.3 is 5.97 Å². The fourth-order valence-corrected chi connectivity index (χ4v) is 2.02. The minimum Gasteiger partial charge on any atom is -0.494 e. The van der Waals surface area contributed by atoms with E-state index >= 15 is 0 Å². The van der Waals surface area contributed by atoms with Crippen LogP contribution in [0.25, 0.3) is 6.08 Å². The van der Waals surface area contributed by atoms with Crippen LogP contribution in [-0.4, -0.2) is 24.1 Å². The van der Waals surface area contributed by atoms with Crippen LogP contribution in [0.5, 0.6) is 5.75 Å². The standard InChI is InChI=1S/C17H16O5/c1-3-21-13-7-4-12(5-8-13)6-9-14(18)16-15(19)10-11(2)22-17(16)20/h4-10,16H,3H2,1-2H3/b9-6-/t16-/m0/s1. The molecule has 0 unspecified atom stereocenters. The first-order valence-corrected chi connectivity index (χ1v) is 6.90. The maximum atomic E-state index is 12.0. The van der Waals surface area contributed by atoms with Crippen LogP contribution in [0.15, 0.2) is 42.2 Å². The fraction of sp³-hybridized carbons (Fsp3) is 0.235. The van der Waals surface area contributed by atoms with Crippen molar-refractivity contribution in [1.82, 2.24) is 0 Å². The van der Waals surface area contributed by atoms with Gasteiger partial charge in [0.15, 0.2) is 17.5 Å². The van der Waals surface area contributed by atoms with Gasteiger partial charge in [-0.05, 0) is 37.6 Å². The van der Waals surface area contributed by atoms with Gasteiger partial charge in [-0.1, -0.05) is 18.2 Å². The number of benzene rings is 1. The Balaban J connectivity index is 2.08. The highest BCUT2D eigenvalue weighted by Gasteiger charge is 2.36. The van der Waals surface area contributed by atoms with E-state index in [1.54, 1.807) is 30.3 Å². The number of ketones is 2. The maximum Gasteiger partial charge on any atom is 0.329 e. The van der Waals surface area contributed by atoms with E-state index in [2.05, 4.69) is 0 Å². The van der Waals surface area contributed by atoms with Gasteiger partial charge in [-0.15, -0.1) is 0 Å². The molecule has 1 heterocycles. The second-order valence-corrected chi connectivity index (χ2v) is 4.75. The van der Waals surface area contributed by atoms with Crippen molar-refractivity contribution in [3.05, 3.63) is 47.7 Å². The molecule has 0 aromatic heterocycles. The molecule has 5 nitrogen and oxygen atoms in total. The molecule has 1 aliphatic rings. The van der Waals surface area contributed by atoms with Crippen LogP contribution in [0.4, 0.5) is 0 Å². The molecule has 0 N–H and O–H groups in total. The molecular weight excluding hydrogens is 284 g/mol. The highest BCUT2D eigenvalue weighted by molar-refractivity contribution is 6.25. The second-order valence-electron chi connectivity index (χ2n) is 4.75. The van der Waals surface area contributed by atoms with Gasteiger partial charge in [0.2, 0.25) is 0 Å². The first kappa shape index (κ1) is 15.7. The minimum absolute atomic E-state index is 0.203. The number of hydrogen-bond donors (Lipinski definition) is 0. The summed E-state index contributed by atoms with van der Waals surface area (Å²) in [5.41, 5.74) is 0.764. The lowest BCUT2D eigenvalue weighted by molar-refractivity contribution is -0.151. The van der Waals surface area contributed by atoms with Crippen LogP contribution in [0.3, 0.4) is 0 Å². The molecule has 0 radical (unpaired) electrons. The summed E-state index contributed by atoms with van der Waals surface area (Å²) in [4.78, 5) is 35.4. The van der Waals surface area contributed by atoms with Gasteiger partial charge < -0.3 is 9.47 Å². The summed E-state index contributed by atoms with van der Waals surface area (Å²) in [7, 11) is 0. The molecule has 5 heteroatoms. The topological polar surface area (TPSA) is 69.7 Å². The average molecular weight is 300 g/mol. The molecule has 1 aromatic rings. The van der Waals surface area contributed by atoms with Crippen molar-refractivity contribution in [1.29, 1.82) is 0 Å². The third kappa shape index (κ3) is 3.69. The van der Waals surface area contributed by atoms with E-state index in [0.717, 1.165) is 17.4 Å². The molecule has 0 bridgehead atoms. The Morgan fingerprint density at radius 1 is 1.27 bits per heavy atom. The van der Waals surface area contributed by atoms with E-state index in [1.807, 2.05) is 6.92 Å². The Kier molecular flexibility index (Phi) is 4.88. The Bertz CT molecular complexity index is 652. The number of ether oxygens (including phenoxy) is 2. The van der Waals surface area contributed by atoms with Crippen molar-refractivity contribution in [2.24, 2.45) is 5.92 Å². The van der Waals surface area contributed by atoms with Gasteiger partial charge in [0.1, 0.15) is 11.5 Å². The summed E-state index contributed by atoms with van der Waals surface area (Å²) in [6.07, 6.45) is 3.92. The summed E-state index contributed by atoms with van der Waals surface area (Å²) >= 11 is 0. The van der Waals surface area contributed by atoms with Crippen LogP contribution in [-0.2, 0) is 19.1 Å². The highest BCUT2D eigenvalue weighted by atomic mass is 16.5. The lowest BCUT2D eigenvalue weighted by Crippen LogP contribution is -2.34. The van der Waals surface area contributed by atoms with Crippen molar-refractivity contribution in [3.63, 3.8) is 0 Å². The lowest BCUT2D eigenvalue weighted by Gasteiger charge is -2.15. The van der Waals surface area contributed by atoms with Gasteiger partial charge in [0.25, 0.3) is 0 Å². The third-order valence-corrected chi connectivity index (χ3v) is 3.04. The molecule has 0 amide bonds. The number of carbonyl (C=O) groups is 3. The van der Waals surface area contributed by atoms with E-state index in [1.165, 1.54) is 13.0 Å². The summed E-state index contributed by atoms with van der Waals surface area (Å²) in [6, 6.07) is 7.11. The summed E-state index contributed by atoms with van der Waals surface area (Å²) in [5, 5.41) is 0. The van der Waals surface area contributed by atoms with Gasteiger partial charge in [-0.25, -0.2) is 0 Å². The van der Waals surface area contributed by atoms with Crippen LogP contribution < -0.4 is 4.74 Å². The van der Waals surface area contributed by atoms with Crippen LogP contribution >= 0.6 is 0 Å². The molecule has 1 aromatic carbocycles. The number of allylic oxidation sites excluding steroid dienone is 3. The zero-order chi connectivity index (χ0) is 16.1. The molecule has 0 fully saturated rings. The predicted octanol–water partition coefficient (Wildman–Crippen LogP) is 2.31. The Morgan fingerprint density at radius 3 is 2.55 bits per heavy atom. The van der Waals surface area contributed by atoms with Crippen molar-refractivity contribution in [2.45, 2.75) is 13.8 Å². The average Bonchev–Trinajstić information content (AvgIpc) is 2.46. The molecule has 22 heavy (non-hydrogen) atoms. The third-order valence-electron chi connectivity index (χ3n) is 3.04. The first-order valence-electron chi connectivity index (χ1n) is 6.90. The number of esters is 1. The first-order chi connectivity index (χ1) is 10.5. The monoisotopic (exact) mass is 300 g/mol.